The maximum atomic E-state index is 10.7. The van der Waals surface area contributed by atoms with Crippen LogP contribution in [0, 0.1) is 0 Å². The monoisotopic (exact) mass is 238 g/mol. The molecule has 0 heterocycles. The lowest BCUT2D eigenvalue weighted by atomic mass is 10.3. The van der Waals surface area contributed by atoms with Crippen LogP contribution in [0.2, 0.25) is 0 Å². The molecule has 0 aromatic rings. The minimum Gasteiger partial charge on any atom is -1.00 e. The fourth-order valence-electron chi connectivity index (χ4n) is 1.34. The van der Waals surface area contributed by atoms with Crippen molar-refractivity contribution in [2.75, 3.05) is 26.2 Å². The molecule has 0 aromatic carbocycles. The molecule has 12 heavy (non-hydrogen) atoms. The van der Waals surface area contributed by atoms with E-state index in [1.807, 2.05) is 0 Å². The quantitative estimate of drug-likeness (QED) is 0.523. The third kappa shape index (κ3) is 4.07. The molecule has 0 bridgehead atoms. The van der Waals surface area contributed by atoms with Crippen molar-refractivity contribution in [1.82, 2.24) is 0 Å². The number of halogens is 1. The number of rotatable bonds is 5. The van der Waals surface area contributed by atoms with Gasteiger partial charge in [-0.3, -0.25) is 4.79 Å². The molecule has 0 radical (unpaired) electrons. The predicted molar refractivity (Wildman–Crippen MR) is 45.9 cm³/mol. The minimum absolute atomic E-state index is 0. The molecule has 0 aliphatic heterocycles. The van der Waals surface area contributed by atoms with Crippen LogP contribution in [0.4, 0.5) is 0 Å². The van der Waals surface area contributed by atoms with Crippen molar-refractivity contribution in [3.63, 3.8) is 0 Å². The van der Waals surface area contributed by atoms with E-state index in [2.05, 4.69) is 20.8 Å². The van der Waals surface area contributed by atoms with Crippen molar-refractivity contribution >= 4 is 5.91 Å². The summed E-state index contributed by atoms with van der Waals surface area (Å²) < 4.78 is 0.815. The molecule has 0 aliphatic rings. The van der Waals surface area contributed by atoms with Gasteiger partial charge in [-0.15, -0.1) is 0 Å². The first kappa shape index (κ1) is 14.4. The molecular weight excluding hydrogens is 220 g/mol. The van der Waals surface area contributed by atoms with Gasteiger partial charge in [-0.1, -0.05) is 0 Å². The van der Waals surface area contributed by atoms with Crippen LogP contribution in [0.1, 0.15) is 20.8 Å². The topological polar surface area (TPSA) is 43.1 Å². The second-order valence-electron chi connectivity index (χ2n) is 2.91. The van der Waals surface area contributed by atoms with Gasteiger partial charge in [0.25, 0.3) is 5.91 Å². The Labute approximate surface area is 85.3 Å². The minimum atomic E-state index is -0.199. The molecule has 0 aromatic heterocycles. The van der Waals surface area contributed by atoms with E-state index in [0.717, 1.165) is 24.1 Å². The molecule has 4 heteroatoms. The van der Waals surface area contributed by atoms with Crippen molar-refractivity contribution in [3.8, 4) is 0 Å². The molecular formula is C8H19BrN2O. The summed E-state index contributed by atoms with van der Waals surface area (Å²) in [5.41, 5.74) is 5.15. The van der Waals surface area contributed by atoms with Gasteiger partial charge in [0, 0.05) is 0 Å². The van der Waals surface area contributed by atoms with Gasteiger partial charge in [-0.25, -0.2) is 0 Å². The summed E-state index contributed by atoms with van der Waals surface area (Å²) in [5, 5.41) is 0. The Morgan fingerprint density at radius 2 is 1.50 bits per heavy atom. The first-order valence-corrected chi connectivity index (χ1v) is 4.23. The zero-order valence-corrected chi connectivity index (χ0v) is 9.73. The second-order valence-corrected chi connectivity index (χ2v) is 2.91. The summed E-state index contributed by atoms with van der Waals surface area (Å²) in [4.78, 5) is 10.7. The largest absolute Gasteiger partial charge is 1.00 e. The highest BCUT2D eigenvalue weighted by Crippen LogP contribution is 2.03. The van der Waals surface area contributed by atoms with Gasteiger partial charge >= 0.3 is 0 Å². The number of quaternary nitrogens is 1. The molecule has 1 amide bonds. The van der Waals surface area contributed by atoms with E-state index in [-0.39, 0.29) is 22.9 Å². The zero-order valence-electron chi connectivity index (χ0n) is 8.14. The van der Waals surface area contributed by atoms with Crippen LogP contribution in [-0.2, 0) is 4.79 Å². The molecule has 0 spiro atoms. The van der Waals surface area contributed by atoms with Crippen LogP contribution >= 0.6 is 0 Å². The lowest BCUT2D eigenvalue weighted by molar-refractivity contribution is -0.915. The number of amides is 1. The summed E-state index contributed by atoms with van der Waals surface area (Å²) in [6.07, 6.45) is 0. The third-order valence-corrected chi connectivity index (χ3v) is 2.50. The molecule has 0 rings (SSSR count). The summed E-state index contributed by atoms with van der Waals surface area (Å²) in [5.74, 6) is -0.199. The molecule has 2 N–H and O–H groups in total. The van der Waals surface area contributed by atoms with Crippen LogP contribution in [0.15, 0.2) is 0 Å². The van der Waals surface area contributed by atoms with Crippen LogP contribution in [0.5, 0.6) is 0 Å². The molecule has 0 fully saturated rings. The van der Waals surface area contributed by atoms with Crippen molar-refractivity contribution < 1.29 is 26.3 Å². The first-order chi connectivity index (χ1) is 5.10. The number of nitrogens with zero attached hydrogens (tertiary/aromatic N) is 1. The smallest absolute Gasteiger partial charge is 0.272 e. The predicted octanol–water partition coefficient (Wildman–Crippen LogP) is -2.65. The van der Waals surface area contributed by atoms with Crippen LogP contribution in [0.3, 0.4) is 0 Å². The molecule has 0 atom stereocenters. The number of carbonyl (C=O) groups excluding carboxylic acids is 1. The Morgan fingerprint density at radius 1 is 1.17 bits per heavy atom. The van der Waals surface area contributed by atoms with Gasteiger partial charge in [-0.05, 0) is 20.8 Å². The lowest BCUT2D eigenvalue weighted by Crippen LogP contribution is -3.00. The van der Waals surface area contributed by atoms with Gasteiger partial charge < -0.3 is 27.2 Å². The van der Waals surface area contributed by atoms with Crippen LogP contribution < -0.4 is 22.7 Å². The van der Waals surface area contributed by atoms with Crippen molar-refractivity contribution in [3.05, 3.63) is 0 Å². The lowest BCUT2D eigenvalue weighted by Gasteiger charge is -2.34. The maximum Gasteiger partial charge on any atom is 0.272 e. The van der Waals surface area contributed by atoms with Gasteiger partial charge in [0.05, 0.1) is 19.6 Å². The number of hydrogen-bond acceptors (Lipinski definition) is 1. The molecule has 0 aliphatic carbocycles. The van der Waals surface area contributed by atoms with Crippen LogP contribution in [0.25, 0.3) is 0 Å². The van der Waals surface area contributed by atoms with Gasteiger partial charge in [0.15, 0.2) is 6.54 Å². The number of carbonyl (C=O) groups is 1. The summed E-state index contributed by atoms with van der Waals surface area (Å²) in [6.45, 7) is 9.70. The van der Waals surface area contributed by atoms with Crippen molar-refractivity contribution in [2.24, 2.45) is 5.73 Å². The highest BCUT2D eigenvalue weighted by atomic mass is 79.9. The SMILES string of the molecule is CC[N+](CC)(CC)CC(N)=O.[Br-]. The maximum absolute atomic E-state index is 10.7. The van der Waals surface area contributed by atoms with Gasteiger partial charge in [-0.2, -0.15) is 0 Å². The average molecular weight is 239 g/mol. The molecule has 0 saturated heterocycles. The molecule has 0 saturated carbocycles. The number of nitrogens with two attached hydrogens (primary N) is 1. The molecule has 3 nitrogen and oxygen atoms in total. The average Bonchev–Trinajstić information content (AvgIpc) is 2.00. The number of hydrogen-bond donors (Lipinski definition) is 1. The second kappa shape index (κ2) is 6.43. The fourth-order valence-corrected chi connectivity index (χ4v) is 1.34. The Bertz CT molecular complexity index is 127. The van der Waals surface area contributed by atoms with Crippen molar-refractivity contribution in [1.29, 1.82) is 0 Å². The van der Waals surface area contributed by atoms with E-state index in [4.69, 9.17) is 5.73 Å². The normalized spacial score (nSPS) is 10.6. The third-order valence-electron chi connectivity index (χ3n) is 2.50. The number of likely N-dealkylation sites (N-methyl/N-ethyl adjacent to an activating group) is 1. The first-order valence-electron chi connectivity index (χ1n) is 4.23. The molecule has 0 unspecified atom stereocenters. The van der Waals surface area contributed by atoms with E-state index in [0.29, 0.717) is 6.54 Å². The highest BCUT2D eigenvalue weighted by Gasteiger charge is 2.22. The summed E-state index contributed by atoms with van der Waals surface area (Å²) in [7, 11) is 0. The Morgan fingerprint density at radius 3 is 1.58 bits per heavy atom. The summed E-state index contributed by atoms with van der Waals surface area (Å²) >= 11 is 0. The van der Waals surface area contributed by atoms with Gasteiger partial charge in [0.1, 0.15) is 0 Å². The zero-order chi connectivity index (χ0) is 8.91. The van der Waals surface area contributed by atoms with E-state index < -0.39 is 0 Å². The van der Waals surface area contributed by atoms with Crippen LogP contribution in [-0.4, -0.2) is 36.6 Å². The summed E-state index contributed by atoms with van der Waals surface area (Å²) in [6, 6.07) is 0. The highest BCUT2D eigenvalue weighted by molar-refractivity contribution is 5.74. The fraction of sp³-hybridized carbons (Fsp3) is 0.875. The van der Waals surface area contributed by atoms with Crippen molar-refractivity contribution in [2.45, 2.75) is 20.8 Å². The Balaban J connectivity index is 0. The Kier molecular flexibility index (Phi) is 7.73. The van der Waals surface area contributed by atoms with E-state index in [1.54, 1.807) is 0 Å². The Hall–Kier alpha value is -0.0900. The number of primary amides is 1. The molecule has 74 valence electrons. The van der Waals surface area contributed by atoms with E-state index >= 15 is 0 Å². The van der Waals surface area contributed by atoms with E-state index in [9.17, 15) is 4.79 Å². The van der Waals surface area contributed by atoms with Gasteiger partial charge in [0.2, 0.25) is 0 Å². The van der Waals surface area contributed by atoms with E-state index in [1.165, 1.54) is 0 Å². The standard InChI is InChI=1S/C8H18N2O.BrH/c1-4-10(5-2,6-3)7-8(9)11;/h4-7H2,1-3H3,(H-,9,11);1H.